The van der Waals surface area contributed by atoms with E-state index in [1.165, 1.54) is 0 Å². The van der Waals surface area contributed by atoms with E-state index in [4.69, 9.17) is 4.74 Å². The van der Waals surface area contributed by atoms with Crippen LogP contribution < -0.4 is 10.1 Å². The maximum atomic E-state index is 13.8. The van der Waals surface area contributed by atoms with Crippen LogP contribution in [0.25, 0.3) is 0 Å². The fourth-order valence-corrected chi connectivity index (χ4v) is 2.50. The van der Waals surface area contributed by atoms with Crippen LogP contribution in [0.2, 0.25) is 0 Å². The normalized spacial score (nSPS) is 24.4. The first-order valence-corrected chi connectivity index (χ1v) is 7.00. The van der Waals surface area contributed by atoms with Gasteiger partial charge in [-0.3, -0.25) is 4.90 Å². The Morgan fingerprint density at radius 2 is 2.21 bits per heavy atom. The molecule has 19 heavy (non-hydrogen) atoms. The van der Waals surface area contributed by atoms with E-state index in [2.05, 4.69) is 24.1 Å². The molecule has 1 aliphatic rings. The van der Waals surface area contributed by atoms with Crippen molar-refractivity contribution in [1.82, 2.24) is 10.2 Å². The van der Waals surface area contributed by atoms with Crippen LogP contribution in [0.1, 0.15) is 26.3 Å². The lowest BCUT2D eigenvalue weighted by Crippen LogP contribution is -2.54. The van der Waals surface area contributed by atoms with Gasteiger partial charge in [-0.15, -0.1) is 0 Å². The van der Waals surface area contributed by atoms with Gasteiger partial charge in [-0.05, 0) is 38.5 Å². The van der Waals surface area contributed by atoms with Crippen molar-refractivity contribution in [3.8, 4) is 5.75 Å². The van der Waals surface area contributed by atoms with Crippen LogP contribution in [0.4, 0.5) is 4.39 Å². The lowest BCUT2D eigenvalue weighted by molar-refractivity contribution is 0.130. The molecular formula is C15H23FN2O. The molecule has 0 aliphatic carbocycles. The number of hydrogen-bond donors (Lipinski definition) is 1. The summed E-state index contributed by atoms with van der Waals surface area (Å²) in [7, 11) is 0. The van der Waals surface area contributed by atoms with Crippen LogP contribution in [-0.2, 0) is 6.54 Å². The summed E-state index contributed by atoms with van der Waals surface area (Å²) in [5.41, 5.74) is 1.00. The molecule has 1 aromatic rings. The quantitative estimate of drug-likeness (QED) is 0.905. The fourth-order valence-electron chi connectivity index (χ4n) is 2.50. The number of nitrogens with one attached hydrogen (secondary N) is 1. The molecule has 106 valence electrons. The predicted octanol–water partition coefficient (Wildman–Crippen LogP) is 2.41. The van der Waals surface area contributed by atoms with Gasteiger partial charge in [-0.25, -0.2) is 4.39 Å². The fraction of sp³-hybridized carbons (Fsp3) is 0.600. The second kappa shape index (κ2) is 6.35. The summed E-state index contributed by atoms with van der Waals surface area (Å²) in [6.45, 7) is 9.53. The van der Waals surface area contributed by atoms with E-state index in [9.17, 15) is 4.39 Å². The van der Waals surface area contributed by atoms with Crippen molar-refractivity contribution in [3.05, 3.63) is 29.6 Å². The number of benzene rings is 1. The molecular weight excluding hydrogens is 243 g/mol. The van der Waals surface area contributed by atoms with Crippen molar-refractivity contribution < 1.29 is 9.13 Å². The van der Waals surface area contributed by atoms with E-state index >= 15 is 0 Å². The molecule has 4 heteroatoms. The topological polar surface area (TPSA) is 24.5 Å². The molecule has 1 aliphatic heterocycles. The van der Waals surface area contributed by atoms with Crippen LogP contribution in [0.15, 0.2) is 18.2 Å². The SMILES string of the molecule is CCOc1ccc(CN2CCNC(C)C2C)cc1F. The standard InChI is InChI=1S/C15H23FN2O/c1-4-19-15-6-5-13(9-14(15)16)10-18-8-7-17-11(2)12(18)3/h5-6,9,11-12,17H,4,7-8,10H2,1-3H3. The number of ether oxygens (including phenoxy) is 1. The largest absolute Gasteiger partial charge is 0.491 e. The molecule has 2 unspecified atom stereocenters. The summed E-state index contributed by atoms with van der Waals surface area (Å²) in [6, 6.07) is 6.20. The zero-order valence-corrected chi connectivity index (χ0v) is 11.9. The minimum Gasteiger partial charge on any atom is -0.491 e. The van der Waals surface area contributed by atoms with Gasteiger partial charge in [0.1, 0.15) is 0 Å². The van der Waals surface area contributed by atoms with E-state index in [-0.39, 0.29) is 5.82 Å². The van der Waals surface area contributed by atoms with Crippen molar-refractivity contribution in [2.45, 2.75) is 39.4 Å². The number of nitrogens with zero attached hydrogens (tertiary/aromatic N) is 1. The maximum Gasteiger partial charge on any atom is 0.165 e. The summed E-state index contributed by atoms with van der Waals surface area (Å²) in [4.78, 5) is 2.39. The predicted molar refractivity (Wildman–Crippen MR) is 74.9 cm³/mol. The van der Waals surface area contributed by atoms with E-state index in [0.717, 1.165) is 25.2 Å². The second-order valence-electron chi connectivity index (χ2n) is 5.15. The number of piperazine rings is 1. The van der Waals surface area contributed by atoms with Gasteiger partial charge in [0.25, 0.3) is 0 Å². The van der Waals surface area contributed by atoms with Gasteiger partial charge >= 0.3 is 0 Å². The highest BCUT2D eigenvalue weighted by Crippen LogP contribution is 2.20. The molecule has 2 rings (SSSR count). The third-order valence-corrected chi connectivity index (χ3v) is 3.85. The summed E-state index contributed by atoms with van der Waals surface area (Å²) in [5.74, 6) is 0.0724. The Morgan fingerprint density at radius 3 is 2.89 bits per heavy atom. The Kier molecular flexibility index (Phi) is 4.77. The van der Waals surface area contributed by atoms with Gasteiger partial charge in [-0.1, -0.05) is 6.07 Å². The van der Waals surface area contributed by atoms with E-state index in [1.807, 2.05) is 13.0 Å². The van der Waals surface area contributed by atoms with Crippen LogP contribution in [0.5, 0.6) is 5.75 Å². The summed E-state index contributed by atoms with van der Waals surface area (Å²) in [6.07, 6.45) is 0. The molecule has 0 bridgehead atoms. The van der Waals surface area contributed by atoms with E-state index in [0.29, 0.717) is 24.4 Å². The van der Waals surface area contributed by atoms with E-state index in [1.54, 1.807) is 12.1 Å². The number of halogens is 1. The molecule has 2 atom stereocenters. The molecule has 0 aromatic heterocycles. The van der Waals surface area contributed by atoms with Crippen molar-refractivity contribution in [2.75, 3.05) is 19.7 Å². The molecule has 1 saturated heterocycles. The molecule has 1 aromatic carbocycles. The Morgan fingerprint density at radius 1 is 1.42 bits per heavy atom. The number of rotatable bonds is 4. The zero-order chi connectivity index (χ0) is 13.8. The van der Waals surface area contributed by atoms with Crippen molar-refractivity contribution in [1.29, 1.82) is 0 Å². The van der Waals surface area contributed by atoms with Crippen LogP contribution in [-0.4, -0.2) is 36.7 Å². The highest BCUT2D eigenvalue weighted by Gasteiger charge is 2.24. The van der Waals surface area contributed by atoms with Gasteiger partial charge in [0.05, 0.1) is 6.61 Å². The highest BCUT2D eigenvalue weighted by atomic mass is 19.1. The van der Waals surface area contributed by atoms with Gasteiger partial charge in [0, 0.05) is 31.7 Å². The number of hydrogen-bond acceptors (Lipinski definition) is 3. The smallest absolute Gasteiger partial charge is 0.165 e. The van der Waals surface area contributed by atoms with Crippen molar-refractivity contribution in [3.63, 3.8) is 0 Å². The van der Waals surface area contributed by atoms with Gasteiger partial charge < -0.3 is 10.1 Å². The average molecular weight is 266 g/mol. The lowest BCUT2D eigenvalue weighted by Gasteiger charge is -2.38. The summed E-state index contributed by atoms with van der Waals surface area (Å²) in [5, 5.41) is 3.45. The highest BCUT2D eigenvalue weighted by molar-refractivity contribution is 5.29. The average Bonchev–Trinajstić information content (AvgIpc) is 2.38. The molecule has 0 amide bonds. The minimum atomic E-state index is -0.268. The monoisotopic (exact) mass is 266 g/mol. The molecule has 1 fully saturated rings. The van der Waals surface area contributed by atoms with Crippen LogP contribution in [0.3, 0.4) is 0 Å². The van der Waals surface area contributed by atoms with E-state index < -0.39 is 0 Å². The summed E-state index contributed by atoms with van der Waals surface area (Å²) < 4.78 is 19.0. The third kappa shape index (κ3) is 3.45. The van der Waals surface area contributed by atoms with Crippen molar-refractivity contribution in [2.24, 2.45) is 0 Å². The first-order valence-electron chi connectivity index (χ1n) is 7.00. The Hall–Kier alpha value is -1.13. The van der Waals surface area contributed by atoms with Crippen LogP contribution >= 0.6 is 0 Å². The second-order valence-corrected chi connectivity index (χ2v) is 5.15. The molecule has 1 heterocycles. The molecule has 0 saturated carbocycles. The molecule has 1 N–H and O–H groups in total. The minimum absolute atomic E-state index is 0.268. The van der Waals surface area contributed by atoms with Gasteiger partial charge in [-0.2, -0.15) is 0 Å². The lowest BCUT2D eigenvalue weighted by atomic mass is 10.1. The third-order valence-electron chi connectivity index (χ3n) is 3.85. The maximum absolute atomic E-state index is 13.8. The Balaban J connectivity index is 2.04. The van der Waals surface area contributed by atoms with Gasteiger partial charge in [0.15, 0.2) is 11.6 Å². The molecule has 0 spiro atoms. The van der Waals surface area contributed by atoms with Crippen molar-refractivity contribution >= 4 is 0 Å². The Bertz CT molecular complexity index is 425. The summed E-state index contributed by atoms with van der Waals surface area (Å²) >= 11 is 0. The molecule has 3 nitrogen and oxygen atoms in total. The molecule has 0 radical (unpaired) electrons. The Labute approximate surface area is 114 Å². The van der Waals surface area contributed by atoms with Gasteiger partial charge in [0.2, 0.25) is 0 Å². The first-order chi connectivity index (χ1) is 9.11. The zero-order valence-electron chi connectivity index (χ0n) is 11.9. The first kappa shape index (κ1) is 14.3. The van der Waals surface area contributed by atoms with Crippen LogP contribution in [0, 0.1) is 5.82 Å².